The van der Waals surface area contributed by atoms with E-state index in [-0.39, 0.29) is 18.4 Å². The molecule has 1 aromatic carbocycles. The molecule has 2 amide bonds. The van der Waals surface area contributed by atoms with Crippen LogP contribution in [0.15, 0.2) is 18.2 Å². The summed E-state index contributed by atoms with van der Waals surface area (Å²) in [6.07, 6.45) is 2.02. The van der Waals surface area contributed by atoms with Crippen LogP contribution in [0.5, 0.6) is 0 Å². The number of anilines is 2. The van der Waals surface area contributed by atoms with E-state index in [2.05, 4.69) is 5.32 Å². The molecule has 3 N–H and O–H groups in total. The number of methoxy groups -OCH3 is 1. The lowest BCUT2D eigenvalue weighted by Crippen LogP contribution is -2.41. The van der Waals surface area contributed by atoms with Gasteiger partial charge in [0.05, 0.1) is 6.61 Å². The predicted molar refractivity (Wildman–Crippen MR) is 81.0 cm³/mol. The number of nitrogen functional groups attached to an aromatic ring is 1. The molecule has 0 aromatic heterocycles. The molecule has 0 saturated heterocycles. The van der Waals surface area contributed by atoms with Crippen molar-refractivity contribution >= 4 is 23.2 Å². The molecule has 1 aliphatic heterocycles. The highest BCUT2D eigenvalue weighted by Gasteiger charge is 2.24. The molecular weight excluding hydrogens is 270 g/mol. The zero-order chi connectivity index (χ0) is 15.2. The normalized spacial score (nSPS) is 14.5. The molecule has 21 heavy (non-hydrogen) atoms. The number of amides is 2. The highest BCUT2D eigenvalue weighted by molar-refractivity contribution is 6.00. The summed E-state index contributed by atoms with van der Waals surface area (Å²) in [6.45, 7) is 0.915. The van der Waals surface area contributed by atoms with Crippen LogP contribution in [0.2, 0.25) is 0 Å². The molecule has 1 heterocycles. The highest BCUT2D eigenvalue weighted by Crippen LogP contribution is 2.28. The number of ether oxygens (including phenoxy) is 1. The molecule has 0 aliphatic carbocycles. The molecule has 0 saturated carbocycles. The van der Waals surface area contributed by atoms with Crippen molar-refractivity contribution in [2.45, 2.75) is 19.3 Å². The first-order chi connectivity index (χ1) is 10.1. The van der Waals surface area contributed by atoms with E-state index >= 15 is 0 Å². The van der Waals surface area contributed by atoms with Gasteiger partial charge in [-0.15, -0.1) is 0 Å². The van der Waals surface area contributed by atoms with Gasteiger partial charge < -0.3 is 20.7 Å². The SMILES string of the molecule is COCCNC(=O)CN1C(=O)CCCc2cc(N)ccc21. The smallest absolute Gasteiger partial charge is 0.240 e. The minimum Gasteiger partial charge on any atom is -0.399 e. The topological polar surface area (TPSA) is 84.7 Å². The fraction of sp³-hybridized carbons (Fsp3) is 0.467. The van der Waals surface area contributed by atoms with E-state index in [1.807, 2.05) is 12.1 Å². The van der Waals surface area contributed by atoms with Crippen molar-refractivity contribution in [1.82, 2.24) is 5.32 Å². The first-order valence-electron chi connectivity index (χ1n) is 7.06. The summed E-state index contributed by atoms with van der Waals surface area (Å²) in [4.78, 5) is 25.7. The van der Waals surface area contributed by atoms with Crippen molar-refractivity contribution < 1.29 is 14.3 Å². The quantitative estimate of drug-likeness (QED) is 0.618. The summed E-state index contributed by atoms with van der Waals surface area (Å²) in [7, 11) is 1.57. The van der Waals surface area contributed by atoms with Crippen molar-refractivity contribution in [2.75, 3.05) is 37.4 Å². The summed E-state index contributed by atoms with van der Waals surface area (Å²) in [6, 6.07) is 5.45. The van der Waals surface area contributed by atoms with Gasteiger partial charge in [0.15, 0.2) is 0 Å². The Labute approximate surface area is 124 Å². The van der Waals surface area contributed by atoms with Gasteiger partial charge in [-0.25, -0.2) is 0 Å². The Bertz CT molecular complexity index is 531. The van der Waals surface area contributed by atoms with Crippen molar-refractivity contribution in [3.63, 3.8) is 0 Å². The third-order valence-electron chi connectivity index (χ3n) is 3.46. The molecule has 1 aromatic rings. The molecule has 0 atom stereocenters. The number of rotatable bonds is 5. The molecule has 0 unspecified atom stereocenters. The van der Waals surface area contributed by atoms with Gasteiger partial charge in [0.2, 0.25) is 11.8 Å². The third-order valence-corrected chi connectivity index (χ3v) is 3.46. The Hall–Kier alpha value is -2.08. The largest absolute Gasteiger partial charge is 0.399 e. The van der Waals surface area contributed by atoms with Crippen LogP contribution >= 0.6 is 0 Å². The van der Waals surface area contributed by atoms with Crippen LogP contribution < -0.4 is 16.0 Å². The summed E-state index contributed by atoms with van der Waals surface area (Å²) < 4.78 is 4.88. The van der Waals surface area contributed by atoms with Gasteiger partial charge in [0, 0.05) is 31.5 Å². The average molecular weight is 291 g/mol. The second kappa shape index (κ2) is 7.08. The van der Waals surface area contributed by atoms with Crippen LogP contribution in [0.4, 0.5) is 11.4 Å². The summed E-state index contributed by atoms with van der Waals surface area (Å²) >= 11 is 0. The second-order valence-electron chi connectivity index (χ2n) is 5.06. The molecule has 0 bridgehead atoms. The third kappa shape index (κ3) is 3.95. The lowest BCUT2D eigenvalue weighted by Gasteiger charge is -2.22. The maximum absolute atomic E-state index is 12.2. The number of hydrogen-bond donors (Lipinski definition) is 2. The Morgan fingerprint density at radius 1 is 1.43 bits per heavy atom. The number of carbonyl (C=O) groups is 2. The van der Waals surface area contributed by atoms with Crippen LogP contribution in [0.3, 0.4) is 0 Å². The molecule has 1 aliphatic rings. The first kappa shape index (κ1) is 15.3. The van der Waals surface area contributed by atoms with E-state index < -0.39 is 0 Å². The molecule has 6 heteroatoms. The molecule has 0 radical (unpaired) electrons. The number of carbonyl (C=O) groups excluding carboxylic acids is 2. The number of nitrogens with one attached hydrogen (secondary N) is 1. The summed E-state index contributed by atoms with van der Waals surface area (Å²) in [5.74, 6) is -0.217. The monoisotopic (exact) mass is 291 g/mol. The summed E-state index contributed by atoms with van der Waals surface area (Å²) in [5.41, 5.74) is 8.28. The number of aryl methyl sites for hydroxylation is 1. The molecule has 0 fully saturated rings. The molecule has 2 rings (SSSR count). The Morgan fingerprint density at radius 2 is 2.24 bits per heavy atom. The number of hydrogen-bond acceptors (Lipinski definition) is 4. The van der Waals surface area contributed by atoms with Gasteiger partial charge in [0.25, 0.3) is 0 Å². The van der Waals surface area contributed by atoms with Gasteiger partial charge in [-0.3, -0.25) is 9.59 Å². The maximum atomic E-state index is 12.2. The fourth-order valence-electron chi connectivity index (χ4n) is 2.43. The van der Waals surface area contributed by atoms with E-state index in [1.165, 1.54) is 0 Å². The maximum Gasteiger partial charge on any atom is 0.240 e. The van der Waals surface area contributed by atoms with Crippen molar-refractivity contribution in [1.29, 1.82) is 0 Å². The molecule has 6 nitrogen and oxygen atoms in total. The van der Waals surface area contributed by atoms with Crippen molar-refractivity contribution in [3.8, 4) is 0 Å². The van der Waals surface area contributed by atoms with Crippen molar-refractivity contribution in [3.05, 3.63) is 23.8 Å². The Morgan fingerprint density at radius 3 is 3.00 bits per heavy atom. The van der Waals surface area contributed by atoms with Crippen LogP contribution in [0, 0.1) is 0 Å². The number of nitrogens with two attached hydrogens (primary N) is 1. The minimum atomic E-state index is -0.190. The van der Waals surface area contributed by atoms with Gasteiger partial charge >= 0.3 is 0 Å². The molecule has 114 valence electrons. The predicted octanol–water partition coefficient (Wildman–Crippen LogP) is 0.701. The average Bonchev–Trinajstić information content (AvgIpc) is 2.59. The molecule has 0 spiro atoms. The van der Waals surface area contributed by atoms with Gasteiger partial charge in [-0.05, 0) is 36.6 Å². The standard InChI is InChI=1S/C15H21N3O3/c1-21-8-7-17-14(19)10-18-13-6-5-12(16)9-11(13)3-2-4-15(18)20/h5-6,9H,2-4,7-8,10,16H2,1H3,(H,17,19). The first-order valence-corrected chi connectivity index (χ1v) is 7.06. The van der Waals surface area contributed by atoms with E-state index in [4.69, 9.17) is 10.5 Å². The van der Waals surface area contributed by atoms with Crippen molar-refractivity contribution in [2.24, 2.45) is 0 Å². The number of benzene rings is 1. The number of nitrogens with zero attached hydrogens (tertiary/aromatic N) is 1. The van der Waals surface area contributed by atoms with E-state index in [9.17, 15) is 9.59 Å². The highest BCUT2D eigenvalue weighted by atomic mass is 16.5. The van der Waals surface area contributed by atoms with Crippen LogP contribution in [-0.4, -0.2) is 38.6 Å². The van der Waals surface area contributed by atoms with Gasteiger partial charge in [-0.1, -0.05) is 0 Å². The lowest BCUT2D eigenvalue weighted by molar-refractivity contribution is -0.123. The Balaban J connectivity index is 2.13. The van der Waals surface area contributed by atoms with Gasteiger partial charge in [0.1, 0.15) is 6.54 Å². The number of fused-ring (bicyclic) bond motifs is 1. The van der Waals surface area contributed by atoms with Crippen LogP contribution in [-0.2, 0) is 20.7 Å². The van der Waals surface area contributed by atoms with E-state index in [0.717, 1.165) is 24.1 Å². The minimum absolute atomic E-state index is 0.0272. The van der Waals surface area contributed by atoms with E-state index in [0.29, 0.717) is 25.3 Å². The van der Waals surface area contributed by atoms with Crippen LogP contribution in [0.1, 0.15) is 18.4 Å². The summed E-state index contributed by atoms with van der Waals surface area (Å²) in [5, 5.41) is 2.73. The van der Waals surface area contributed by atoms with E-state index in [1.54, 1.807) is 18.1 Å². The zero-order valence-electron chi connectivity index (χ0n) is 12.2. The lowest BCUT2D eigenvalue weighted by atomic mass is 10.1. The zero-order valence-corrected chi connectivity index (χ0v) is 12.2. The fourth-order valence-corrected chi connectivity index (χ4v) is 2.43. The Kier molecular flexibility index (Phi) is 5.16. The molecular formula is C15H21N3O3. The van der Waals surface area contributed by atoms with Gasteiger partial charge in [-0.2, -0.15) is 0 Å². The second-order valence-corrected chi connectivity index (χ2v) is 5.06. The van der Waals surface area contributed by atoms with Crippen LogP contribution in [0.25, 0.3) is 0 Å².